The third-order valence-electron chi connectivity index (χ3n) is 11.0. The number of ether oxygens (including phenoxy) is 3. The molecule has 3 N–H and O–H groups in total. The second kappa shape index (κ2) is 14.0. The van der Waals surface area contributed by atoms with Crippen LogP contribution in [0.2, 0.25) is 5.02 Å². The lowest BCUT2D eigenvalue weighted by molar-refractivity contribution is -0.140. The zero-order valence-corrected chi connectivity index (χ0v) is 30.6. The topological polar surface area (TPSA) is 173 Å². The normalized spacial score (nSPS) is 28.8. The molecule has 3 fully saturated rings. The Kier molecular flexibility index (Phi) is 9.42. The van der Waals surface area contributed by atoms with E-state index in [2.05, 4.69) is 15.4 Å². The van der Waals surface area contributed by atoms with E-state index >= 15 is 0 Å². The Hall–Kier alpha value is -4.50. The van der Waals surface area contributed by atoms with E-state index in [1.54, 1.807) is 29.2 Å². The smallest absolute Gasteiger partial charge is 0.410 e. The van der Waals surface area contributed by atoms with Crippen LogP contribution < -0.4 is 24.8 Å². The number of rotatable bonds is 6. The highest BCUT2D eigenvalue weighted by atomic mass is 35.5. The van der Waals surface area contributed by atoms with Crippen molar-refractivity contribution >= 4 is 51.1 Å². The van der Waals surface area contributed by atoms with Gasteiger partial charge in [0.25, 0.3) is 5.91 Å². The molecule has 14 nitrogen and oxygen atoms in total. The Balaban J connectivity index is 1.04. The van der Waals surface area contributed by atoms with Gasteiger partial charge in [0.05, 0.1) is 11.8 Å². The van der Waals surface area contributed by atoms with Crippen LogP contribution >= 0.6 is 11.6 Å². The van der Waals surface area contributed by atoms with Gasteiger partial charge >= 0.3 is 6.09 Å². The van der Waals surface area contributed by atoms with E-state index in [-0.39, 0.29) is 32.1 Å². The average molecular weight is 768 g/mol. The number of hydrogen-bond acceptors (Lipinski definition) is 10. The fourth-order valence-electron chi connectivity index (χ4n) is 7.73. The van der Waals surface area contributed by atoms with Crippen LogP contribution in [0.1, 0.15) is 68.9 Å². The molecule has 6 aliphatic rings. The van der Waals surface area contributed by atoms with Crippen LogP contribution in [0.3, 0.4) is 0 Å². The summed E-state index contributed by atoms with van der Waals surface area (Å²) in [5, 5.41) is 6.13. The molecule has 0 spiro atoms. The van der Waals surface area contributed by atoms with Gasteiger partial charge in [0, 0.05) is 36.1 Å². The van der Waals surface area contributed by atoms with E-state index in [0.29, 0.717) is 54.6 Å². The first-order chi connectivity index (χ1) is 25.5. The van der Waals surface area contributed by atoms with E-state index in [4.69, 9.17) is 25.8 Å². The van der Waals surface area contributed by atoms with Crippen molar-refractivity contribution in [1.29, 1.82) is 0 Å². The summed E-state index contributed by atoms with van der Waals surface area (Å²) >= 11 is 6.12. The molecule has 1 saturated heterocycles. The number of hydrogen-bond donors (Lipinski definition) is 3. The van der Waals surface area contributed by atoms with E-state index in [9.17, 15) is 27.6 Å². The van der Waals surface area contributed by atoms with E-state index in [1.807, 2.05) is 24.3 Å². The molecule has 8 rings (SSSR count). The number of amides is 4. The minimum atomic E-state index is -3.88. The van der Waals surface area contributed by atoms with Gasteiger partial charge in [-0.25, -0.2) is 13.2 Å². The largest absolute Gasteiger partial charge is 0.454 e. The first kappa shape index (κ1) is 35.5. The van der Waals surface area contributed by atoms with Gasteiger partial charge in [-0.2, -0.15) is 0 Å². The van der Waals surface area contributed by atoms with Gasteiger partial charge in [-0.15, -0.1) is 0 Å². The second-order valence-electron chi connectivity index (χ2n) is 14.8. The van der Waals surface area contributed by atoms with Gasteiger partial charge in [0.15, 0.2) is 11.5 Å². The number of nitrogens with zero attached hydrogens (tertiary/aromatic N) is 2. The lowest BCUT2D eigenvalue weighted by Crippen LogP contribution is -2.57. The fourth-order valence-corrected chi connectivity index (χ4v) is 9.22. The van der Waals surface area contributed by atoms with Crippen molar-refractivity contribution in [3.63, 3.8) is 0 Å². The summed E-state index contributed by atoms with van der Waals surface area (Å²) in [6.07, 6.45) is 7.23. The lowest BCUT2D eigenvalue weighted by atomic mass is 10.0. The Morgan fingerprint density at radius 2 is 1.70 bits per heavy atom. The van der Waals surface area contributed by atoms with Crippen LogP contribution in [0.4, 0.5) is 10.5 Å². The fraction of sp³-hybridized carbons (Fsp3) is 0.514. The Bertz CT molecular complexity index is 1920. The van der Waals surface area contributed by atoms with Crippen LogP contribution in [-0.2, 0) is 42.2 Å². The van der Waals surface area contributed by atoms with Crippen LogP contribution in [0, 0.1) is 5.92 Å². The van der Waals surface area contributed by atoms with Crippen molar-refractivity contribution in [2.75, 3.05) is 18.7 Å². The first-order valence-corrected chi connectivity index (χ1v) is 20.2. The van der Waals surface area contributed by atoms with Crippen molar-refractivity contribution in [2.24, 2.45) is 5.92 Å². The molecule has 5 atom stereocenters. The zero-order valence-electron chi connectivity index (χ0n) is 29.1. The van der Waals surface area contributed by atoms with E-state index in [0.717, 1.165) is 36.8 Å². The lowest BCUT2D eigenvalue weighted by Gasteiger charge is -2.30. The predicted molar refractivity (Wildman–Crippen MR) is 192 cm³/mol. The highest BCUT2D eigenvalue weighted by Crippen LogP contribution is 2.46. The number of fused-ring (bicyclic) bond motifs is 4. The van der Waals surface area contributed by atoms with Crippen molar-refractivity contribution in [3.8, 4) is 11.5 Å². The molecule has 16 heteroatoms. The molecular weight excluding hydrogens is 726 g/mol. The van der Waals surface area contributed by atoms with Crippen LogP contribution in [-0.4, -0.2) is 84.3 Å². The highest BCUT2D eigenvalue weighted by Gasteiger charge is 2.62. The minimum absolute atomic E-state index is 0.00762. The Labute approximate surface area is 312 Å². The maximum atomic E-state index is 14.5. The molecule has 0 bridgehead atoms. The molecule has 0 aromatic heterocycles. The molecule has 2 saturated carbocycles. The van der Waals surface area contributed by atoms with Gasteiger partial charge in [-0.1, -0.05) is 36.6 Å². The Morgan fingerprint density at radius 1 is 0.981 bits per heavy atom. The van der Waals surface area contributed by atoms with Crippen molar-refractivity contribution < 1.29 is 41.8 Å². The van der Waals surface area contributed by atoms with Gasteiger partial charge in [-0.05, 0) is 86.1 Å². The van der Waals surface area contributed by atoms with Gasteiger partial charge in [0.1, 0.15) is 23.7 Å². The monoisotopic (exact) mass is 767 g/mol. The third kappa shape index (κ3) is 7.37. The van der Waals surface area contributed by atoms with Gasteiger partial charge in [0.2, 0.25) is 28.6 Å². The number of nitrogens with one attached hydrogen (secondary N) is 3. The minimum Gasteiger partial charge on any atom is -0.454 e. The number of allylic oxidation sites excluding steroid dienone is 1. The molecule has 4 heterocycles. The summed E-state index contributed by atoms with van der Waals surface area (Å²) in [6, 6.07) is 8.91. The van der Waals surface area contributed by atoms with Gasteiger partial charge in [-0.3, -0.25) is 24.0 Å². The number of halogens is 1. The SMILES string of the molecule is O=C1N[C@]2(C(=O)NS(=O)(=O)C3CC3)C[C@H]2/C=C\CCCCC[C@H](Nc2ccc(Cl)cc2)C(=O)N2C[C@H](OC(=O)N3Cc4cc5c(cc4C3)OCO5)C[C@@H]12. The van der Waals surface area contributed by atoms with Crippen molar-refractivity contribution in [3.05, 3.63) is 64.7 Å². The summed E-state index contributed by atoms with van der Waals surface area (Å²) in [6.45, 7) is 0.701. The van der Waals surface area contributed by atoms with Gasteiger partial charge < -0.3 is 29.7 Å². The van der Waals surface area contributed by atoms with E-state index < -0.39 is 62.8 Å². The summed E-state index contributed by atoms with van der Waals surface area (Å²) in [5.74, 6) is -0.926. The summed E-state index contributed by atoms with van der Waals surface area (Å²) < 4.78 is 44.8. The van der Waals surface area contributed by atoms with Crippen molar-refractivity contribution in [1.82, 2.24) is 19.8 Å². The third-order valence-corrected chi connectivity index (χ3v) is 13.0. The summed E-state index contributed by atoms with van der Waals surface area (Å²) in [4.78, 5) is 59.0. The first-order valence-electron chi connectivity index (χ1n) is 18.2. The molecule has 4 amide bonds. The number of anilines is 1. The number of carbonyl (C=O) groups excluding carboxylic acids is 4. The number of benzene rings is 2. The van der Waals surface area contributed by atoms with Crippen molar-refractivity contribution in [2.45, 2.75) is 99.9 Å². The molecule has 2 aliphatic carbocycles. The second-order valence-corrected chi connectivity index (χ2v) is 17.2. The number of sulfonamides is 1. The molecule has 2 aromatic carbocycles. The summed E-state index contributed by atoms with van der Waals surface area (Å²) in [5.41, 5.74) is 1.02. The Morgan fingerprint density at radius 3 is 2.40 bits per heavy atom. The zero-order chi connectivity index (χ0) is 36.9. The van der Waals surface area contributed by atoms with E-state index in [1.165, 1.54) is 4.90 Å². The standard InChI is InChI=1S/C37H42ClN5O9S/c38-25-8-10-26(11-9-25)39-29-7-5-3-1-2-4-6-24-17-37(24,35(46)41-53(48,49)28-12-13-28)40-33(44)30-16-27(20-43(30)34(29)45)52-36(47)42-18-22-14-31-32(51-21-50-31)15-23(22)19-42/h4,6,8-11,14-15,24,27-30,39H,1-3,5,7,12-13,16-21H2,(H,40,44)(H,41,46)/b6-4-/t24-,27-,29+,30+,37-/m1/s1. The molecule has 2 aromatic rings. The molecule has 0 unspecified atom stereocenters. The maximum Gasteiger partial charge on any atom is 0.410 e. The number of carbonyl (C=O) groups is 4. The van der Waals surface area contributed by atoms with Crippen LogP contribution in [0.15, 0.2) is 48.6 Å². The predicted octanol–water partition coefficient (Wildman–Crippen LogP) is 3.97. The highest BCUT2D eigenvalue weighted by molar-refractivity contribution is 7.91. The quantitative estimate of drug-likeness (QED) is 0.365. The average Bonchev–Trinajstić information content (AvgIpc) is 3.94. The van der Waals surface area contributed by atoms with Crippen LogP contribution in [0.25, 0.3) is 0 Å². The maximum absolute atomic E-state index is 14.5. The molecular formula is C37H42ClN5O9S. The summed E-state index contributed by atoms with van der Waals surface area (Å²) in [7, 11) is -3.88. The molecule has 0 radical (unpaired) electrons. The molecule has 4 aliphatic heterocycles. The molecule has 53 heavy (non-hydrogen) atoms. The van der Waals surface area contributed by atoms with Crippen LogP contribution in [0.5, 0.6) is 11.5 Å². The molecule has 282 valence electrons.